The molecule has 1 aliphatic rings. The molecule has 2 aromatic carbocycles. The van der Waals surface area contributed by atoms with E-state index in [9.17, 15) is 17.2 Å². The van der Waals surface area contributed by atoms with Crippen molar-refractivity contribution >= 4 is 10.0 Å². The van der Waals surface area contributed by atoms with Crippen LogP contribution in [0.4, 0.5) is 8.78 Å². The lowest BCUT2D eigenvalue weighted by molar-refractivity contribution is -0.0500. The predicted octanol–water partition coefficient (Wildman–Crippen LogP) is 3.55. The fourth-order valence-electron chi connectivity index (χ4n) is 3.63. The maximum absolute atomic E-state index is 13.0. The second-order valence-electron chi connectivity index (χ2n) is 7.45. The molecule has 0 bridgehead atoms. The van der Waals surface area contributed by atoms with Crippen LogP contribution in [0, 0.1) is 0 Å². The van der Waals surface area contributed by atoms with E-state index in [0.29, 0.717) is 26.2 Å². The molecule has 0 amide bonds. The first-order chi connectivity index (χ1) is 15.8. The number of nitrogens with zero attached hydrogens (tertiary/aromatic N) is 2. The van der Waals surface area contributed by atoms with E-state index >= 15 is 0 Å². The summed E-state index contributed by atoms with van der Waals surface area (Å²) >= 11 is 0. The van der Waals surface area contributed by atoms with Gasteiger partial charge in [-0.05, 0) is 29.8 Å². The van der Waals surface area contributed by atoms with Crippen LogP contribution in [0.3, 0.4) is 0 Å². The predicted molar refractivity (Wildman–Crippen MR) is 120 cm³/mol. The van der Waals surface area contributed by atoms with Gasteiger partial charge >= 0.3 is 6.61 Å². The quantitative estimate of drug-likeness (QED) is 0.457. The summed E-state index contributed by atoms with van der Waals surface area (Å²) in [5.41, 5.74) is 0.960. The van der Waals surface area contributed by atoms with Gasteiger partial charge in [-0.15, -0.1) is 6.58 Å². The van der Waals surface area contributed by atoms with Crippen LogP contribution in [0.1, 0.15) is 11.7 Å². The Balaban J connectivity index is 1.65. The van der Waals surface area contributed by atoms with Crippen molar-refractivity contribution in [1.29, 1.82) is 0 Å². The number of methoxy groups -OCH3 is 1. The second-order valence-corrected chi connectivity index (χ2v) is 9.38. The molecule has 0 saturated carbocycles. The van der Waals surface area contributed by atoms with Gasteiger partial charge in [0.05, 0.1) is 24.7 Å². The van der Waals surface area contributed by atoms with E-state index in [1.165, 1.54) is 22.5 Å². The Kier molecular flexibility index (Phi) is 8.79. The van der Waals surface area contributed by atoms with Crippen molar-refractivity contribution < 1.29 is 31.4 Å². The fraction of sp³-hybridized carbons (Fsp3) is 0.391. The van der Waals surface area contributed by atoms with Crippen LogP contribution in [-0.2, 0) is 14.8 Å². The first-order valence-corrected chi connectivity index (χ1v) is 11.9. The zero-order valence-corrected chi connectivity index (χ0v) is 19.2. The van der Waals surface area contributed by atoms with Crippen LogP contribution in [-0.4, -0.2) is 70.7 Å². The highest BCUT2D eigenvalue weighted by molar-refractivity contribution is 7.89. The summed E-state index contributed by atoms with van der Waals surface area (Å²) in [5, 5.41) is 0. The number of alkyl halides is 2. The number of piperazine rings is 1. The normalized spacial score (nSPS) is 16.5. The first kappa shape index (κ1) is 25.1. The van der Waals surface area contributed by atoms with Crippen LogP contribution >= 0.6 is 0 Å². The Morgan fingerprint density at radius 2 is 1.76 bits per heavy atom. The number of benzene rings is 2. The molecule has 1 aliphatic heterocycles. The van der Waals surface area contributed by atoms with Crippen LogP contribution in [0.25, 0.3) is 0 Å². The Morgan fingerprint density at radius 1 is 1.06 bits per heavy atom. The number of halogens is 2. The lowest BCUT2D eigenvalue weighted by Gasteiger charge is -2.35. The summed E-state index contributed by atoms with van der Waals surface area (Å²) in [4.78, 5) is 2.06. The molecular formula is C23H28F2N2O5S. The Bertz CT molecular complexity index is 1030. The molecule has 1 atom stereocenters. The zero-order valence-electron chi connectivity index (χ0n) is 18.4. The maximum atomic E-state index is 13.0. The average Bonchev–Trinajstić information content (AvgIpc) is 2.82. The van der Waals surface area contributed by atoms with Gasteiger partial charge in [-0.25, -0.2) is 8.42 Å². The third kappa shape index (κ3) is 6.73. The second kappa shape index (κ2) is 11.6. The van der Waals surface area contributed by atoms with Crippen molar-refractivity contribution in [3.63, 3.8) is 0 Å². The zero-order chi connectivity index (χ0) is 23.8. The van der Waals surface area contributed by atoms with Crippen molar-refractivity contribution in [3.8, 4) is 11.5 Å². The van der Waals surface area contributed by atoms with E-state index in [1.54, 1.807) is 13.2 Å². The standard InChI is InChI=1S/C23H28F2N2O5S/c1-3-14-31-22(18-6-4-7-19(15-18)30-2)17-26-10-12-27(13-11-26)33(28,29)21-9-5-8-20(16-21)32-23(24)25/h3-9,15-16,22-23H,1,10-14,17H2,2H3. The van der Waals surface area contributed by atoms with E-state index in [1.807, 2.05) is 24.3 Å². The minimum atomic E-state index is -3.83. The van der Waals surface area contributed by atoms with Gasteiger partial charge in [0.1, 0.15) is 11.5 Å². The molecule has 0 spiro atoms. The molecule has 0 N–H and O–H groups in total. The van der Waals surface area contributed by atoms with E-state index in [0.717, 1.165) is 17.4 Å². The lowest BCUT2D eigenvalue weighted by atomic mass is 10.1. The van der Waals surface area contributed by atoms with Crippen LogP contribution < -0.4 is 9.47 Å². The summed E-state index contributed by atoms with van der Waals surface area (Å²) in [5.74, 6) is 0.541. The Labute approximate surface area is 193 Å². The molecular weight excluding hydrogens is 454 g/mol. The number of sulfonamides is 1. The molecule has 0 radical (unpaired) electrons. The fourth-order valence-corrected chi connectivity index (χ4v) is 5.08. The number of hydrogen-bond donors (Lipinski definition) is 0. The highest BCUT2D eigenvalue weighted by Crippen LogP contribution is 2.26. The first-order valence-electron chi connectivity index (χ1n) is 10.5. The third-order valence-corrected chi connectivity index (χ3v) is 7.20. The molecule has 1 heterocycles. The highest BCUT2D eigenvalue weighted by atomic mass is 32.2. The molecule has 1 unspecified atom stereocenters. The number of hydrogen-bond acceptors (Lipinski definition) is 6. The molecule has 10 heteroatoms. The molecule has 7 nitrogen and oxygen atoms in total. The molecule has 3 rings (SSSR count). The Morgan fingerprint density at radius 3 is 2.42 bits per heavy atom. The van der Waals surface area contributed by atoms with Gasteiger partial charge < -0.3 is 14.2 Å². The molecule has 0 aromatic heterocycles. The molecule has 180 valence electrons. The maximum Gasteiger partial charge on any atom is 0.387 e. The molecule has 1 saturated heterocycles. The molecule has 33 heavy (non-hydrogen) atoms. The van der Waals surface area contributed by atoms with E-state index in [4.69, 9.17) is 9.47 Å². The van der Waals surface area contributed by atoms with Gasteiger partial charge in [0.15, 0.2) is 0 Å². The minimum Gasteiger partial charge on any atom is -0.497 e. The van der Waals surface area contributed by atoms with Crippen molar-refractivity contribution in [1.82, 2.24) is 9.21 Å². The SMILES string of the molecule is C=CCOC(CN1CCN(S(=O)(=O)c2cccc(OC(F)F)c2)CC1)c1cccc(OC)c1. The monoisotopic (exact) mass is 482 g/mol. The Hall–Kier alpha value is -2.53. The van der Waals surface area contributed by atoms with E-state index in [2.05, 4.69) is 16.2 Å². The molecule has 2 aromatic rings. The summed E-state index contributed by atoms with van der Waals surface area (Å²) < 4.78 is 67.9. The average molecular weight is 483 g/mol. The molecule has 1 fully saturated rings. The van der Waals surface area contributed by atoms with Gasteiger partial charge in [0.2, 0.25) is 10.0 Å². The number of ether oxygens (including phenoxy) is 3. The summed E-state index contributed by atoms with van der Waals surface area (Å²) in [6.45, 7) is 3.20. The largest absolute Gasteiger partial charge is 0.497 e. The van der Waals surface area contributed by atoms with Crippen molar-refractivity contribution in [3.05, 3.63) is 66.7 Å². The van der Waals surface area contributed by atoms with Gasteiger partial charge in [-0.1, -0.05) is 24.3 Å². The van der Waals surface area contributed by atoms with Crippen molar-refractivity contribution in [2.45, 2.75) is 17.6 Å². The van der Waals surface area contributed by atoms with Crippen LogP contribution in [0.15, 0.2) is 66.1 Å². The third-order valence-electron chi connectivity index (χ3n) is 5.30. The van der Waals surface area contributed by atoms with Gasteiger partial charge in [0, 0.05) is 38.8 Å². The van der Waals surface area contributed by atoms with Gasteiger partial charge in [-0.2, -0.15) is 13.1 Å². The summed E-state index contributed by atoms with van der Waals surface area (Å²) in [6, 6.07) is 12.8. The van der Waals surface area contributed by atoms with Gasteiger partial charge in [0.25, 0.3) is 0 Å². The van der Waals surface area contributed by atoms with Crippen LogP contribution in [0.2, 0.25) is 0 Å². The smallest absolute Gasteiger partial charge is 0.387 e. The summed E-state index contributed by atoms with van der Waals surface area (Å²) in [6.07, 6.45) is 1.45. The van der Waals surface area contributed by atoms with Crippen LogP contribution in [0.5, 0.6) is 11.5 Å². The molecule has 0 aliphatic carbocycles. The topological polar surface area (TPSA) is 68.3 Å². The number of rotatable bonds is 11. The van der Waals surface area contributed by atoms with E-state index < -0.39 is 16.6 Å². The van der Waals surface area contributed by atoms with Crippen molar-refractivity contribution in [2.75, 3.05) is 46.4 Å². The summed E-state index contributed by atoms with van der Waals surface area (Å²) in [7, 11) is -2.22. The van der Waals surface area contributed by atoms with Crippen molar-refractivity contribution in [2.24, 2.45) is 0 Å². The highest BCUT2D eigenvalue weighted by Gasteiger charge is 2.30. The van der Waals surface area contributed by atoms with Gasteiger partial charge in [-0.3, -0.25) is 4.90 Å². The van der Waals surface area contributed by atoms with E-state index in [-0.39, 0.29) is 29.8 Å². The lowest BCUT2D eigenvalue weighted by Crippen LogP contribution is -2.49. The minimum absolute atomic E-state index is 0.0716.